The molecule has 3 aromatic rings. The molecule has 2 heterocycles. The van der Waals surface area contributed by atoms with Crippen molar-refractivity contribution in [2.75, 3.05) is 26.2 Å². The van der Waals surface area contributed by atoms with Crippen LogP contribution in [0.5, 0.6) is 5.75 Å². The average molecular weight is 447 g/mol. The van der Waals surface area contributed by atoms with E-state index >= 15 is 0 Å². The van der Waals surface area contributed by atoms with Gasteiger partial charge >= 0.3 is 0 Å². The first-order valence-corrected chi connectivity index (χ1v) is 11.4. The van der Waals surface area contributed by atoms with Gasteiger partial charge in [-0.1, -0.05) is 44.2 Å². The Balaban J connectivity index is 1.28. The molecular weight excluding hydrogens is 416 g/mol. The van der Waals surface area contributed by atoms with Gasteiger partial charge in [0.1, 0.15) is 18.1 Å². The van der Waals surface area contributed by atoms with Crippen molar-refractivity contribution in [2.24, 2.45) is 5.92 Å². The van der Waals surface area contributed by atoms with Crippen LogP contribution in [0.3, 0.4) is 0 Å². The molecule has 2 amide bonds. The molecule has 0 aliphatic carbocycles. The van der Waals surface area contributed by atoms with Crippen LogP contribution in [0, 0.1) is 5.92 Å². The Labute approximate surface area is 194 Å². The largest absolute Gasteiger partial charge is 0.489 e. The van der Waals surface area contributed by atoms with Crippen LogP contribution in [0.1, 0.15) is 46.0 Å². The number of nitrogens with zero attached hydrogens (tertiary/aromatic N) is 3. The predicted molar refractivity (Wildman–Crippen MR) is 126 cm³/mol. The molecule has 172 valence electrons. The molecule has 0 spiro atoms. The number of nitrogens with one attached hydrogen (secondary N) is 1. The van der Waals surface area contributed by atoms with E-state index in [1.807, 2.05) is 48.5 Å². The summed E-state index contributed by atoms with van der Waals surface area (Å²) in [5, 5.41) is 7.14. The number of carbonyl (C=O) groups excluding carboxylic acids is 2. The smallest absolute Gasteiger partial charge is 0.274 e. The van der Waals surface area contributed by atoms with Gasteiger partial charge in [-0.25, -0.2) is 0 Å². The maximum atomic E-state index is 12.9. The van der Waals surface area contributed by atoms with Gasteiger partial charge in [0, 0.05) is 37.4 Å². The third kappa shape index (κ3) is 5.80. The average Bonchev–Trinajstić information content (AvgIpc) is 3.30. The van der Waals surface area contributed by atoms with Crippen molar-refractivity contribution >= 4 is 11.8 Å². The topological polar surface area (TPSA) is 78.5 Å². The predicted octanol–water partition coefficient (Wildman–Crippen LogP) is 3.79. The van der Waals surface area contributed by atoms with Crippen LogP contribution in [-0.4, -0.2) is 58.0 Å². The molecule has 0 saturated carbocycles. The number of hydrogen-bond donors (Lipinski definition) is 1. The third-order valence-electron chi connectivity index (χ3n) is 5.68. The number of aromatic amines is 1. The van der Waals surface area contributed by atoms with Crippen molar-refractivity contribution < 1.29 is 14.3 Å². The van der Waals surface area contributed by atoms with E-state index in [4.69, 9.17) is 4.74 Å². The molecular formula is C26H30N4O3. The molecule has 4 rings (SSSR count). The van der Waals surface area contributed by atoms with E-state index in [1.165, 1.54) is 0 Å². The monoisotopic (exact) mass is 446 g/mol. The van der Waals surface area contributed by atoms with Crippen molar-refractivity contribution in [3.8, 4) is 5.75 Å². The van der Waals surface area contributed by atoms with E-state index < -0.39 is 0 Å². The number of amides is 2. The summed E-state index contributed by atoms with van der Waals surface area (Å²) in [4.78, 5) is 29.2. The molecule has 0 bridgehead atoms. The number of ether oxygens (including phenoxy) is 1. The Morgan fingerprint density at radius 2 is 1.58 bits per heavy atom. The van der Waals surface area contributed by atoms with Crippen LogP contribution >= 0.6 is 0 Å². The summed E-state index contributed by atoms with van der Waals surface area (Å²) in [5.41, 5.74) is 3.12. The van der Waals surface area contributed by atoms with Crippen LogP contribution in [0.25, 0.3) is 0 Å². The summed E-state index contributed by atoms with van der Waals surface area (Å²) in [5.74, 6) is 1.10. The summed E-state index contributed by atoms with van der Waals surface area (Å²) < 4.78 is 5.80. The zero-order valence-corrected chi connectivity index (χ0v) is 19.2. The van der Waals surface area contributed by atoms with Crippen LogP contribution in [-0.2, 0) is 13.0 Å². The molecule has 1 aliphatic rings. The highest BCUT2D eigenvalue weighted by Crippen LogP contribution is 2.17. The van der Waals surface area contributed by atoms with E-state index in [9.17, 15) is 9.59 Å². The molecule has 1 fully saturated rings. The highest BCUT2D eigenvalue weighted by Gasteiger charge is 2.26. The summed E-state index contributed by atoms with van der Waals surface area (Å²) in [6.45, 7) is 6.73. The molecule has 7 heteroatoms. The molecule has 2 aromatic carbocycles. The number of aromatic nitrogens is 2. The molecule has 33 heavy (non-hydrogen) atoms. The van der Waals surface area contributed by atoms with E-state index in [0.29, 0.717) is 50.0 Å². The number of H-pyrrole nitrogens is 1. The van der Waals surface area contributed by atoms with Crippen LogP contribution in [0.15, 0.2) is 60.7 Å². The van der Waals surface area contributed by atoms with E-state index in [-0.39, 0.29) is 11.8 Å². The van der Waals surface area contributed by atoms with Crippen molar-refractivity contribution in [1.29, 1.82) is 0 Å². The normalized spacial score (nSPS) is 13.9. The van der Waals surface area contributed by atoms with Gasteiger partial charge in [-0.05, 0) is 48.2 Å². The number of carbonyl (C=O) groups is 2. The first-order chi connectivity index (χ1) is 16.0. The Morgan fingerprint density at radius 3 is 2.21 bits per heavy atom. The standard InChI is InChI=1S/C26H30N4O3/c1-19(2)16-22-17-24(28-27-22)26(32)30-14-12-29(13-15-30)25(31)21-8-10-23(11-9-21)33-18-20-6-4-3-5-7-20/h3-11,17,19H,12-16,18H2,1-2H3,(H,27,28). The lowest BCUT2D eigenvalue weighted by Crippen LogP contribution is -2.50. The molecule has 1 aliphatic heterocycles. The summed E-state index contributed by atoms with van der Waals surface area (Å²) in [7, 11) is 0. The minimum absolute atomic E-state index is 0.0318. The fraction of sp³-hybridized carbons (Fsp3) is 0.346. The second-order valence-electron chi connectivity index (χ2n) is 8.76. The van der Waals surface area contributed by atoms with E-state index in [0.717, 1.165) is 23.4 Å². The minimum atomic E-state index is -0.0896. The Kier molecular flexibility index (Phi) is 7.07. The zero-order valence-electron chi connectivity index (χ0n) is 19.2. The molecule has 0 radical (unpaired) electrons. The zero-order chi connectivity index (χ0) is 23.2. The van der Waals surface area contributed by atoms with Gasteiger partial charge in [0.25, 0.3) is 11.8 Å². The van der Waals surface area contributed by atoms with Crippen molar-refractivity contribution in [3.63, 3.8) is 0 Å². The lowest BCUT2D eigenvalue weighted by molar-refractivity contribution is 0.0532. The van der Waals surface area contributed by atoms with Crippen LogP contribution in [0.2, 0.25) is 0 Å². The second-order valence-corrected chi connectivity index (χ2v) is 8.76. The Bertz CT molecular complexity index is 1070. The Hall–Kier alpha value is -3.61. The molecule has 1 saturated heterocycles. The van der Waals surface area contributed by atoms with Gasteiger partial charge in [-0.15, -0.1) is 0 Å². The highest BCUT2D eigenvalue weighted by molar-refractivity contribution is 5.95. The van der Waals surface area contributed by atoms with Crippen molar-refractivity contribution in [1.82, 2.24) is 20.0 Å². The molecule has 1 N–H and O–H groups in total. The van der Waals surface area contributed by atoms with Gasteiger partial charge in [0.15, 0.2) is 0 Å². The number of rotatable bonds is 7. The van der Waals surface area contributed by atoms with E-state index in [1.54, 1.807) is 21.9 Å². The number of piperazine rings is 1. The minimum Gasteiger partial charge on any atom is -0.489 e. The third-order valence-corrected chi connectivity index (χ3v) is 5.68. The molecule has 0 atom stereocenters. The number of hydrogen-bond acceptors (Lipinski definition) is 4. The highest BCUT2D eigenvalue weighted by atomic mass is 16.5. The quantitative estimate of drug-likeness (QED) is 0.599. The maximum Gasteiger partial charge on any atom is 0.274 e. The lowest BCUT2D eigenvalue weighted by Gasteiger charge is -2.34. The van der Waals surface area contributed by atoms with Crippen molar-refractivity contribution in [3.05, 3.63) is 83.2 Å². The molecule has 7 nitrogen and oxygen atoms in total. The summed E-state index contributed by atoms with van der Waals surface area (Å²) >= 11 is 0. The maximum absolute atomic E-state index is 12.9. The first kappa shape index (κ1) is 22.6. The summed E-state index contributed by atoms with van der Waals surface area (Å²) in [6.07, 6.45) is 0.860. The van der Waals surface area contributed by atoms with Gasteiger partial charge in [0.2, 0.25) is 0 Å². The van der Waals surface area contributed by atoms with Crippen LogP contribution in [0.4, 0.5) is 0 Å². The van der Waals surface area contributed by atoms with E-state index in [2.05, 4.69) is 24.0 Å². The van der Waals surface area contributed by atoms with Gasteiger partial charge in [0.05, 0.1) is 0 Å². The number of benzene rings is 2. The SMILES string of the molecule is CC(C)Cc1cc(C(=O)N2CCN(C(=O)c3ccc(OCc4ccccc4)cc3)CC2)n[nH]1. The second kappa shape index (κ2) is 10.3. The molecule has 0 unspecified atom stereocenters. The van der Waals surface area contributed by atoms with Gasteiger partial charge in [-0.3, -0.25) is 14.7 Å². The first-order valence-electron chi connectivity index (χ1n) is 11.4. The van der Waals surface area contributed by atoms with Crippen molar-refractivity contribution in [2.45, 2.75) is 26.9 Å². The summed E-state index contributed by atoms with van der Waals surface area (Å²) in [6, 6.07) is 19.0. The fourth-order valence-corrected chi connectivity index (χ4v) is 3.91. The van der Waals surface area contributed by atoms with Crippen LogP contribution < -0.4 is 4.74 Å². The van der Waals surface area contributed by atoms with Gasteiger partial charge < -0.3 is 14.5 Å². The van der Waals surface area contributed by atoms with Gasteiger partial charge in [-0.2, -0.15) is 5.10 Å². The fourth-order valence-electron chi connectivity index (χ4n) is 3.91. The lowest BCUT2D eigenvalue weighted by atomic mass is 10.1. The molecule has 1 aromatic heterocycles. The Morgan fingerprint density at radius 1 is 0.939 bits per heavy atom.